The summed E-state index contributed by atoms with van der Waals surface area (Å²) in [5, 5.41) is 0.937. The number of sulfonamides is 1. The van der Waals surface area contributed by atoms with Gasteiger partial charge in [0.05, 0.1) is 24.1 Å². The fraction of sp³-hybridized carbons (Fsp3) is 0.475. The minimum Gasteiger partial charge on any atom is -0.497 e. The van der Waals surface area contributed by atoms with E-state index < -0.39 is 10.0 Å². The van der Waals surface area contributed by atoms with E-state index in [1.165, 1.54) is 35.8 Å². The summed E-state index contributed by atoms with van der Waals surface area (Å²) in [5.74, 6) is 0.537. The van der Waals surface area contributed by atoms with Crippen LogP contribution in [0.2, 0.25) is 0 Å². The van der Waals surface area contributed by atoms with Crippen LogP contribution < -0.4 is 4.74 Å². The van der Waals surface area contributed by atoms with Crippen LogP contribution >= 0.6 is 0 Å². The van der Waals surface area contributed by atoms with E-state index in [0.29, 0.717) is 30.0 Å². The summed E-state index contributed by atoms with van der Waals surface area (Å²) in [5.41, 5.74) is 4.09. The van der Waals surface area contributed by atoms with Gasteiger partial charge in [0.15, 0.2) is 0 Å². The Morgan fingerprint density at radius 3 is 2.41 bits per heavy atom. The lowest BCUT2D eigenvalue weighted by Gasteiger charge is -2.42. The Labute approximate surface area is 302 Å². The highest BCUT2D eigenvalue weighted by Gasteiger charge is 2.37. The summed E-state index contributed by atoms with van der Waals surface area (Å²) >= 11 is 0. The number of likely N-dealkylation sites (tertiary alicyclic amines) is 2. The van der Waals surface area contributed by atoms with Crippen molar-refractivity contribution in [1.82, 2.24) is 24.1 Å². The number of carbonyl (C=O) groups is 1. The molecule has 2 aliphatic heterocycles. The average molecular weight is 714 g/mol. The van der Waals surface area contributed by atoms with E-state index in [9.17, 15) is 13.2 Å². The van der Waals surface area contributed by atoms with E-state index in [1.807, 2.05) is 53.7 Å². The molecular formula is C40H51N5O5S. The predicted molar refractivity (Wildman–Crippen MR) is 199 cm³/mol. The fourth-order valence-corrected chi connectivity index (χ4v) is 9.69. The van der Waals surface area contributed by atoms with Crippen LogP contribution in [0.15, 0.2) is 78.1 Å². The van der Waals surface area contributed by atoms with E-state index in [-0.39, 0.29) is 42.5 Å². The van der Waals surface area contributed by atoms with Gasteiger partial charge in [0, 0.05) is 55.6 Å². The minimum absolute atomic E-state index is 0.00974. The van der Waals surface area contributed by atoms with Crippen molar-refractivity contribution in [3.8, 4) is 5.75 Å². The van der Waals surface area contributed by atoms with Crippen molar-refractivity contribution in [2.45, 2.75) is 69.2 Å². The number of hydrogen-bond acceptors (Lipinski definition) is 8. The number of hydrogen-bond donors (Lipinski definition) is 0. The standard InChI is InChI=1S/C40H51N5O5S/c1-31-24-36(49-3)25-32(2)39(31)51(47,48)45(29-33-26-34-10-4-5-12-37(34)42-27-33)22-23-50-30-38(46)44-20-14-40(15-21-44,35-11-8-16-41-28-35)13-9-19-43-17-6-7-18-43/h4-5,8,10-12,16,24-28H,6-7,9,13-15,17-23,29-30H2,1-3H3. The second kappa shape index (κ2) is 16.6. The average Bonchev–Trinajstić information content (AvgIpc) is 3.66. The molecule has 1 amide bonds. The molecule has 6 rings (SSSR count). The number of methoxy groups -OCH3 is 1. The number of ether oxygens (including phenoxy) is 2. The second-order valence-corrected chi connectivity index (χ2v) is 15.9. The van der Waals surface area contributed by atoms with Crippen LogP contribution in [0.3, 0.4) is 0 Å². The normalized spacial score (nSPS) is 16.6. The third kappa shape index (κ3) is 8.77. The van der Waals surface area contributed by atoms with Gasteiger partial charge < -0.3 is 19.3 Å². The van der Waals surface area contributed by atoms with Crippen molar-refractivity contribution in [2.75, 3.05) is 59.6 Å². The van der Waals surface area contributed by atoms with Gasteiger partial charge in [-0.15, -0.1) is 0 Å². The van der Waals surface area contributed by atoms with Crippen LogP contribution in [-0.2, 0) is 31.5 Å². The molecule has 0 atom stereocenters. The smallest absolute Gasteiger partial charge is 0.248 e. The molecule has 2 fully saturated rings. The number of piperidine rings is 1. The maximum atomic E-state index is 14.3. The number of aromatic nitrogens is 2. The van der Waals surface area contributed by atoms with Gasteiger partial charge in [0.1, 0.15) is 12.4 Å². The highest BCUT2D eigenvalue weighted by molar-refractivity contribution is 7.89. The third-order valence-electron chi connectivity index (χ3n) is 10.7. The number of aryl methyl sites for hydroxylation is 2. The van der Waals surface area contributed by atoms with Crippen molar-refractivity contribution < 1.29 is 22.7 Å². The summed E-state index contributed by atoms with van der Waals surface area (Å²) in [6, 6.07) is 17.4. The lowest BCUT2D eigenvalue weighted by Crippen LogP contribution is -2.46. The van der Waals surface area contributed by atoms with Gasteiger partial charge in [-0.2, -0.15) is 4.31 Å². The van der Waals surface area contributed by atoms with Crippen molar-refractivity contribution in [3.63, 3.8) is 0 Å². The summed E-state index contributed by atoms with van der Waals surface area (Å²) < 4.78 is 41.3. The lowest BCUT2D eigenvalue weighted by atomic mass is 9.70. The molecule has 4 aromatic rings. The van der Waals surface area contributed by atoms with Crippen LogP contribution in [0.1, 0.15) is 60.8 Å². The number of benzene rings is 2. The van der Waals surface area contributed by atoms with E-state index in [2.05, 4.69) is 20.9 Å². The summed E-state index contributed by atoms with van der Waals surface area (Å²) in [4.78, 5) is 27.1. The Morgan fingerprint density at radius 1 is 0.961 bits per heavy atom. The van der Waals surface area contributed by atoms with Crippen LogP contribution in [0.25, 0.3) is 10.9 Å². The zero-order valence-electron chi connectivity index (χ0n) is 30.2. The van der Waals surface area contributed by atoms with E-state index in [4.69, 9.17) is 9.47 Å². The number of fused-ring (bicyclic) bond motifs is 1. The third-order valence-corrected chi connectivity index (χ3v) is 12.8. The van der Waals surface area contributed by atoms with Gasteiger partial charge in [-0.25, -0.2) is 8.42 Å². The molecule has 0 spiro atoms. The van der Waals surface area contributed by atoms with Crippen LogP contribution in [-0.4, -0.2) is 98.0 Å². The number of amides is 1. The quantitative estimate of drug-likeness (QED) is 0.140. The Morgan fingerprint density at radius 2 is 1.71 bits per heavy atom. The topological polar surface area (TPSA) is 105 Å². The Hall–Kier alpha value is -3.90. The van der Waals surface area contributed by atoms with Gasteiger partial charge in [-0.3, -0.25) is 14.8 Å². The molecule has 4 heterocycles. The molecule has 0 N–H and O–H groups in total. The Kier molecular flexibility index (Phi) is 12.0. The molecule has 11 heteroatoms. The van der Waals surface area contributed by atoms with Gasteiger partial charge in [0.2, 0.25) is 15.9 Å². The van der Waals surface area contributed by atoms with Crippen LogP contribution in [0.4, 0.5) is 0 Å². The lowest BCUT2D eigenvalue weighted by molar-refractivity contribution is -0.137. The number of pyridine rings is 2. The molecular weight excluding hydrogens is 663 g/mol. The van der Waals surface area contributed by atoms with Gasteiger partial charge in [0.25, 0.3) is 0 Å². The predicted octanol–water partition coefficient (Wildman–Crippen LogP) is 5.90. The van der Waals surface area contributed by atoms with E-state index in [1.54, 1.807) is 39.3 Å². The van der Waals surface area contributed by atoms with Crippen molar-refractivity contribution in [1.29, 1.82) is 0 Å². The van der Waals surface area contributed by atoms with Crippen molar-refractivity contribution in [3.05, 3.63) is 95.4 Å². The highest BCUT2D eigenvalue weighted by Crippen LogP contribution is 2.39. The number of para-hydroxylation sites is 1. The van der Waals surface area contributed by atoms with E-state index >= 15 is 0 Å². The number of rotatable bonds is 15. The molecule has 272 valence electrons. The first-order valence-electron chi connectivity index (χ1n) is 18.2. The Balaban J connectivity index is 1.09. The Bertz CT molecular complexity index is 1870. The fourth-order valence-electron chi connectivity index (χ4n) is 7.86. The molecule has 0 saturated carbocycles. The van der Waals surface area contributed by atoms with E-state index in [0.717, 1.165) is 48.7 Å². The van der Waals surface area contributed by atoms with Crippen LogP contribution in [0, 0.1) is 13.8 Å². The molecule has 10 nitrogen and oxygen atoms in total. The summed E-state index contributed by atoms with van der Waals surface area (Å²) in [6.07, 6.45) is 12.1. The second-order valence-electron chi connectivity index (χ2n) is 14.1. The molecule has 2 saturated heterocycles. The monoisotopic (exact) mass is 713 g/mol. The molecule has 2 aromatic heterocycles. The maximum Gasteiger partial charge on any atom is 0.248 e. The minimum atomic E-state index is -3.95. The van der Waals surface area contributed by atoms with Gasteiger partial charge in [-0.05, 0) is 125 Å². The molecule has 2 aliphatic rings. The first-order chi connectivity index (χ1) is 24.7. The van der Waals surface area contributed by atoms with Crippen LogP contribution in [0.5, 0.6) is 5.75 Å². The zero-order chi connectivity index (χ0) is 35.8. The van der Waals surface area contributed by atoms with Crippen molar-refractivity contribution >= 4 is 26.8 Å². The molecule has 51 heavy (non-hydrogen) atoms. The maximum absolute atomic E-state index is 14.3. The molecule has 0 aliphatic carbocycles. The van der Waals surface area contributed by atoms with Gasteiger partial charge in [-0.1, -0.05) is 24.3 Å². The number of carbonyl (C=O) groups excluding carboxylic acids is 1. The summed E-state index contributed by atoms with van der Waals surface area (Å²) in [7, 11) is -2.38. The molecule has 0 unspecified atom stereocenters. The van der Waals surface area contributed by atoms with Gasteiger partial charge >= 0.3 is 0 Å². The molecule has 0 bridgehead atoms. The SMILES string of the molecule is COc1cc(C)c(S(=O)(=O)N(CCOCC(=O)N2CCC(CCCN3CCCC3)(c3cccnc3)CC2)Cc2cnc3ccccc3c2)c(C)c1. The highest BCUT2D eigenvalue weighted by atomic mass is 32.2. The molecule has 0 radical (unpaired) electrons. The molecule has 2 aromatic carbocycles. The first kappa shape index (κ1) is 36.9. The summed E-state index contributed by atoms with van der Waals surface area (Å²) in [6.45, 7) is 8.58. The largest absolute Gasteiger partial charge is 0.497 e. The first-order valence-corrected chi connectivity index (χ1v) is 19.6. The number of nitrogens with zero attached hydrogens (tertiary/aromatic N) is 5. The zero-order valence-corrected chi connectivity index (χ0v) is 31.0. The van der Waals surface area contributed by atoms with Crippen molar-refractivity contribution in [2.24, 2.45) is 0 Å².